The first-order valence-electron chi connectivity index (χ1n) is 13.2. The monoisotopic (exact) mass is 677 g/mol. The molecule has 0 radical (unpaired) electrons. The van der Waals surface area contributed by atoms with Crippen LogP contribution in [-0.2, 0) is 23.9 Å². The molecule has 43 heavy (non-hydrogen) atoms. The highest BCUT2D eigenvalue weighted by molar-refractivity contribution is 7.89. The zero-order valence-electron chi connectivity index (χ0n) is 22.8. The van der Waals surface area contributed by atoms with E-state index < -0.39 is 29.9 Å². The molecular formula is C25H30Cl2N5O9PS. The third-order valence-corrected chi connectivity index (χ3v) is 9.46. The summed E-state index contributed by atoms with van der Waals surface area (Å²) in [7, 11) is -9.35. The third-order valence-electron chi connectivity index (χ3n) is 6.71. The summed E-state index contributed by atoms with van der Waals surface area (Å²) in [6.45, 7) is 3.01. The molecule has 2 fully saturated rings. The van der Waals surface area contributed by atoms with Gasteiger partial charge in [0, 0.05) is 49.3 Å². The minimum Gasteiger partial charge on any atom is -0.456 e. The van der Waals surface area contributed by atoms with Crippen LogP contribution >= 0.6 is 31.0 Å². The van der Waals surface area contributed by atoms with Crippen LogP contribution in [0.1, 0.15) is 18.4 Å². The number of phosphoric acid groups is 1. The fraction of sp³-hybridized carbons (Fsp3) is 0.440. The van der Waals surface area contributed by atoms with Gasteiger partial charge in [-0.25, -0.2) is 17.8 Å². The van der Waals surface area contributed by atoms with Gasteiger partial charge in [0.15, 0.2) is 0 Å². The number of nitrogens with one attached hydrogen (secondary N) is 1. The number of hydrogen-bond acceptors (Lipinski definition) is 9. The van der Waals surface area contributed by atoms with Gasteiger partial charge in [0.25, 0.3) is 0 Å². The molecule has 3 N–H and O–H groups in total. The molecule has 2 aliphatic rings. The average molecular weight is 678 g/mol. The standard InChI is InChI=1S/C25H30Cl2N5O9PS/c26-19-14-20(27)16-22(15-19)40-23-2-1-18(17-28)13-24(23)43(37,38)31-6-3-21(4-7-31)32(41-42(34,35)36)25(33)29-5-8-30-9-11-39-12-10-30/h1-2,13-16,21H,3-12H2,(H,29,33)(H2,34,35,36). The molecule has 0 saturated carbocycles. The number of benzene rings is 2. The maximum absolute atomic E-state index is 13.8. The summed E-state index contributed by atoms with van der Waals surface area (Å²) >= 11 is 12.1. The average Bonchev–Trinajstić information content (AvgIpc) is 2.95. The number of hydroxylamine groups is 2. The molecule has 0 aliphatic carbocycles. The number of hydrogen-bond donors (Lipinski definition) is 3. The number of ether oxygens (including phenoxy) is 2. The molecule has 0 atom stereocenters. The van der Waals surface area contributed by atoms with E-state index in [4.69, 9.17) is 37.3 Å². The Morgan fingerprint density at radius 1 is 1.12 bits per heavy atom. The molecular weight excluding hydrogens is 648 g/mol. The highest BCUT2D eigenvalue weighted by Gasteiger charge is 2.38. The summed E-state index contributed by atoms with van der Waals surface area (Å²) < 4.78 is 56.2. The Labute approximate surface area is 258 Å². The number of halogens is 2. The van der Waals surface area contributed by atoms with E-state index in [0.717, 1.165) is 4.31 Å². The number of sulfonamides is 1. The van der Waals surface area contributed by atoms with Gasteiger partial charge in [-0.2, -0.15) is 19.3 Å². The van der Waals surface area contributed by atoms with Crippen molar-refractivity contribution in [3.05, 3.63) is 52.0 Å². The Morgan fingerprint density at radius 2 is 1.77 bits per heavy atom. The molecule has 0 unspecified atom stereocenters. The van der Waals surface area contributed by atoms with Crippen molar-refractivity contribution in [3.63, 3.8) is 0 Å². The molecule has 2 saturated heterocycles. The molecule has 2 aromatic carbocycles. The predicted molar refractivity (Wildman–Crippen MR) is 155 cm³/mol. The van der Waals surface area contributed by atoms with Crippen molar-refractivity contribution >= 4 is 47.1 Å². The summed E-state index contributed by atoms with van der Waals surface area (Å²) in [6.07, 6.45) is 0.0162. The second kappa shape index (κ2) is 14.5. The Morgan fingerprint density at radius 3 is 2.37 bits per heavy atom. The minimum atomic E-state index is -5.11. The Bertz CT molecular complexity index is 1490. The van der Waals surface area contributed by atoms with Crippen LogP contribution in [0.3, 0.4) is 0 Å². The lowest BCUT2D eigenvalue weighted by Crippen LogP contribution is -2.52. The summed E-state index contributed by atoms with van der Waals surface area (Å²) in [5.41, 5.74) is 0.0832. The summed E-state index contributed by atoms with van der Waals surface area (Å²) in [5, 5.41) is 13.2. The Hall–Kier alpha value is -2.48. The highest BCUT2D eigenvalue weighted by atomic mass is 35.5. The van der Waals surface area contributed by atoms with Crippen LogP contribution in [0.4, 0.5) is 4.79 Å². The molecule has 14 nitrogen and oxygen atoms in total. The lowest BCUT2D eigenvalue weighted by molar-refractivity contribution is -0.0809. The maximum atomic E-state index is 13.8. The number of nitriles is 1. The number of amides is 2. The molecule has 0 bridgehead atoms. The van der Waals surface area contributed by atoms with Crippen molar-refractivity contribution in [2.45, 2.75) is 23.8 Å². The van der Waals surface area contributed by atoms with Crippen LogP contribution in [0.15, 0.2) is 41.3 Å². The first kappa shape index (κ1) is 33.4. The van der Waals surface area contributed by atoms with Gasteiger partial charge in [-0.05, 0) is 49.2 Å². The Balaban J connectivity index is 1.47. The highest BCUT2D eigenvalue weighted by Crippen LogP contribution is 2.40. The molecule has 2 aliphatic heterocycles. The van der Waals surface area contributed by atoms with Gasteiger partial charge >= 0.3 is 13.9 Å². The first-order valence-corrected chi connectivity index (χ1v) is 16.9. The van der Waals surface area contributed by atoms with E-state index in [1.165, 1.54) is 36.4 Å². The van der Waals surface area contributed by atoms with Gasteiger partial charge in [-0.15, -0.1) is 0 Å². The van der Waals surface area contributed by atoms with Gasteiger partial charge in [0.05, 0.1) is 30.9 Å². The SMILES string of the molecule is N#Cc1ccc(Oc2cc(Cl)cc(Cl)c2)c(S(=O)(=O)N2CCC(N(OP(=O)(O)O)C(=O)NCCN3CCOCC3)CC2)c1. The predicted octanol–water partition coefficient (Wildman–Crippen LogP) is 3.18. The van der Waals surface area contributed by atoms with Crippen molar-refractivity contribution in [1.82, 2.24) is 19.6 Å². The van der Waals surface area contributed by atoms with E-state index >= 15 is 0 Å². The zero-order chi connectivity index (χ0) is 31.2. The second-order valence-electron chi connectivity index (χ2n) is 9.70. The summed E-state index contributed by atoms with van der Waals surface area (Å²) in [4.78, 5) is 33.6. The number of piperidine rings is 1. The molecule has 234 valence electrons. The van der Waals surface area contributed by atoms with E-state index in [2.05, 4.69) is 10.2 Å². The first-order chi connectivity index (χ1) is 20.4. The van der Waals surface area contributed by atoms with Crippen LogP contribution in [0, 0.1) is 11.3 Å². The van der Waals surface area contributed by atoms with Crippen molar-refractivity contribution in [2.75, 3.05) is 52.5 Å². The van der Waals surface area contributed by atoms with Crippen LogP contribution in [-0.4, -0.2) is 97.0 Å². The van der Waals surface area contributed by atoms with Gasteiger partial charge < -0.3 is 24.6 Å². The van der Waals surface area contributed by atoms with E-state index in [0.29, 0.717) is 37.9 Å². The summed E-state index contributed by atoms with van der Waals surface area (Å²) in [6, 6.07) is 8.56. The third kappa shape index (κ3) is 9.26. The number of carbonyl (C=O) groups is 1. The van der Waals surface area contributed by atoms with E-state index in [1.807, 2.05) is 6.07 Å². The molecule has 2 aromatic rings. The minimum absolute atomic E-state index is 0.00808. The van der Waals surface area contributed by atoms with Crippen molar-refractivity contribution in [3.8, 4) is 17.6 Å². The number of urea groups is 1. The molecule has 4 rings (SSSR count). The van der Waals surface area contributed by atoms with Gasteiger partial charge in [-0.1, -0.05) is 23.2 Å². The maximum Gasteiger partial charge on any atom is 0.491 e. The second-order valence-corrected chi connectivity index (χ2v) is 13.6. The lowest BCUT2D eigenvalue weighted by atomic mass is 10.1. The molecule has 2 heterocycles. The molecule has 2 amide bonds. The van der Waals surface area contributed by atoms with Crippen molar-refractivity contribution in [2.24, 2.45) is 0 Å². The lowest BCUT2D eigenvalue weighted by Gasteiger charge is -2.36. The number of nitrogens with zero attached hydrogens (tertiary/aromatic N) is 4. The fourth-order valence-corrected chi connectivity index (χ4v) is 7.19. The largest absolute Gasteiger partial charge is 0.491 e. The molecule has 18 heteroatoms. The molecule has 0 spiro atoms. The van der Waals surface area contributed by atoms with E-state index in [9.17, 15) is 32.8 Å². The van der Waals surface area contributed by atoms with Crippen LogP contribution < -0.4 is 10.1 Å². The zero-order valence-corrected chi connectivity index (χ0v) is 26.0. The Kier molecular flexibility index (Phi) is 11.3. The number of morpholine rings is 1. The van der Waals surface area contributed by atoms with Gasteiger partial charge in [-0.3, -0.25) is 4.90 Å². The fourth-order valence-electron chi connectivity index (χ4n) is 4.64. The summed E-state index contributed by atoms with van der Waals surface area (Å²) in [5.74, 6) is 0.118. The van der Waals surface area contributed by atoms with Gasteiger partial charge in [0.2, 0.25) is 10.0 Å². The quantitative estimate of drug-likeness (QED) is 0.248. The van der Waals surface area contributed by atoms with Crippen molar-refractivity contribution in [1.29, 1.82) is 5.26 Å². The molecule has 0 aromatic heterocycles. The van der Waals surface area contributed by atoms with Gasteiger partial charge in [0.1, 0.15) is 16.4 Å². The number of carbonyl (C=O) groups excluding carboxylic acids is 1. The van der Waals surface area contributed by atoms with Crippen LogP contribution in [0.5, 0.6) is 11.5 Å². The van der Waals surface area contributed by atoms with Crippen LogP contribution in [0.2, 0.25) is 10.0 Å². The smallest absolute Gasteiger partial charge is 0.456 e. The van der Waals surface area contributed by atoms with E-state index in [-0.39, 0.29) is 64.5 Å². The van der Waals surface area contributed by atoms with E-state index in [1.54, 1.807) is 0 Å². The number of rotatable bonds is 10. The normalized spacial score (nSPS) is 17.3. The topological polar surface area (TPSA) is 182 Å². The van der Waals surface area contributed by atoms with Crippen molar-refractivity contribution < 1.29 is 41.7 Å². The van der Waals surface area contributed by atoms with Crippen LogP contribution in [0.25, 0.3) is 0 Å².